The first-order valence-corrected chi connectivity index (χ1v) is 9.91. The molecular weight excluding hydrogens is 318 g/mol. The molecule has 0 fully saturated rings. The van der Waals surface area contributed by atoms with Crippen LogP contribution in [0.1, 0.15) is 61.8 Å². The van der Waals surface area contributed by atoms with Gasteiger partial charge in [0, 0.05) is 12.8 Å². The first-order chi connectivity index (χ1) is 12.6. The zero-order valence-electron chi connectivity index (χ0n) is 16.8. The van der Waals surface area contributed by atoms with Crippen LogP contribution in [0.4, 0.5) is 0 Å². The largest absolute Gasteiger partial charge is 0.489 e. The predicted octanol–water partition coefficient (Wildman–Crippen LogP) is 6.52. The minimum atomic E-state index is 0.601. The van der Waals surface area contributed by atoms with Crippen LogP contribution in [0.25, 0.3) is 0 Å². The maximum absolute atomic E-state index is 5.90. The Labute approximate surface area is 159 Å². The Morgan fingerprint density at radius 1 is 1.00 bits per heavy atom. The molecule has 0 saturated carbocycles. The summed E-state index contributed by atoms with van der Waals surface area (Å²) < 4.78 is 5.90. The van der Waals surface area contributed by atoms with Crippen molar-refractivity contribution in [2.75, 3.05) is 6.54 Å². The van der Waals surface area contributed by atoms with Crippen LogP contribution in [0.2, 0.25) is 0 Å². The molecular formula is C24H33NO. The van der Waals surface area contributed by atoms with E-state index in [4.69, 9.17) is 4.74 Å². The van der Waals surface area contributed by atoms with Gasteiger partial charge >= 0.3 is 0 Å². The highest BCUT2D eigenvalue weighted by Gasteiger charge is 2.04. The standard InChI is InChI=1S/C24H33NO/c1-5-7-8-21(6-2)16-25-17-22-11-13-24(14-12-22)26-18-23-10-9-19(3)20(4)15-23/h9-15,17,21H,5-8,16,18H2,1-4H3/b25-17+. The van der Waals surface area contributed by atoms with Crippen molar-refractivity contribution in [2.45, 2.75) is 60.0 Å². The highest BCUT2D eigenvalue weighted by molar-refractivity contribution is 5.79. The molecule has 2 aromatic carbocycles. The van der Waals surface area contributed by atoms with Crippen LogP contribution in [-0.4, -0.2) is 12.8 Å². The molecule has 2 aromatic rings. The second-order valence-corrected chi connectivity index (χ2v) is 7.19. The molecule has 26 heavy (non-hydrogen) atoms. The third-order valence-electron chi connectivity index (χ3n) is 5.00. The number of rotatable bonds is 10. The van der Waals surface area contributed by atoms with E-state index in [2.05, 4.69) is 63.0 Å². The summed E-state index contributed by atoms with van der Waals surface area (Å²) in [6.45, 7) is 10.3. The molecule has 0 N–H and O–H groups in total. The molecule has 2 rings (SSSR count). The highest BCUT2D eigenvalue weighted by Crippen LogP contribution is 2.16. The Balaban J connectivity index is 1.83. The Hall–Kier alpha value is -2.09. The summed E-state index contributed by atoms with van der Waals surface area (Å²) in [5.41, 5.74) is 4.96. The molecule has 1 atom stereocenters. The fraction of sp³-hybridized carbons (Fsp3) is 0.458. The lowest BCUT2D eigenvalue weighted by atomic mass is 10.00. The molecule has 1 unspecified atom stereocenters. The van der Waals surface area contributed by atoms with Gasteiger partial charge in [0.1, 0.15) is 12.4 Å². The summed E-state index contributed by atoms with van der Waals surface area (Å²) in [5.74, 6) is 1.61. The van der Waals surface area contributed by atoms with Crippen LogP contribution in [0.5, 0.6) is 5.75 Å². The van der Waals surface area contributed by atoms with Crippen molar-refractivity contribution >= 4 is 6.21 Å². The lowest BCUT2D eigenvalue weighted by Gasteiger charge is -2.10. The topological polar surface area (TPSA) is 21.6 Å². The fourth-order valence-corrected chi connectivity index (χ4v) is 2.93. The van der Waals surface area contributed by atoms with Crippen molar-refractivity contribution in [1.82, 2.24) is 0 Å². The lowest BCUT2D eigenvalue weighted by Crippen LogP contribution is -2.03. The van der Waals surface area contributed by atoms with Crippen LogP contribution >= 0.6 is 0 Å². The molecule has 0 spiro atoms. The normalized spacial score (nSPS) is 12.5. The van der Waals surface area contributed by atoms with Crippen molar-refractivity contribution in [3.05, 3.63) is 64.7 Å². The fourth-order valence-electron chi connectivity index (χ4n) is 2.93. The first-order valence-electron chi connectivity index (χ1n) is 9.91. The van der Waals surface area contributed by atoms with E-state index in [0.717, 1.165) is 17.9 Å². The number of hydrogen-bond acceptors (Lipinski definition) is 2. The quantitative estimate of drug-likeness (QED) is 0.447. The van der Waals surface area contributed by atoms with Gasteiger partial charge in [-0.25, -0.2) is 0 Å². The van der Waals surface area contributed by atoms with Crippen molar-refractivity contribution in [2.24, 2.45) is 10.9 Å². The predicted molar refractivity (Wildman–Crippen MR) is 112 cm³/mol. The van der Waals surface area contributed by atoms with E-state index in [1.807, 2.05) is 18.3 Å². The van der Waals surface area contributed by atoms with Crippen LogP contribution in [0.3, 0.4) is 0 Å². The maximum Gasteiger partial charge on any atom is 0.119 e. The monoisotopic (exact) mass is 351 g/mol. The Bertz CT molecular complexity index is 688. The number of aliphatic imine (C=N–C) groups is 1. The van der Waals surface area contributed by atoms with Crippen LogP contribution in [0, 0.1) is 19.8 Å². The Kier molecular flexibility index (Phi) is 8.40. The van der Waals surface area contributed by atoms with E-state index >= 15 is 0 Å². The van der Waals surface area contributed by atoms with E-state index in [-0.39, 0.29) is 0 Å². The molecule has 0 aromatic heterocycles. The van der Waals surface area contributed by atoms with Crippen LogP contribution in [0.15, 0.2) is 47.5 Å². The molecule has 0 radical (unpaired) electrons. The van der Waals surface area contributed by atoms with Gasteiger partial charge in [0.15, 0.2) is 0 Å². The number of hydrogen-bond donors (Lipinski definition) is 0. The molecule has 0 aliphatic rings. The smallest absolute Gasteiger partial charge is 0.119 e. The summed E-state index contributed by atoms with van der Waals surface area (Å²) in [7, 11) is 0. The molecule has 0 amide bonds. The second kappa shape index (κ2) is 10.8. The summed E-state index contributed by atoms with van der Waals surface area (Å²) in [4.78, 5) is 4.64. The molecule has 0 aliphatic heterocycles. The summed E-state index contributed by atoms with van der Waals surface area (Å²) in [5, 5.41) is 0. The van der Waals surface area contributed by atoms with Crippen molar-refractivity contribution in [1.29, 1.82) is 0 Å². The van der Waals surface area contributed by atoms with E-state index in [1.54, 1.807) is 0 Å². The average molecular weight is 352 g/mol. The van der Waals surface area contributed by atoms with E-state index < -0.39 is 0 Å². The number of aryl methyl sites for hydroxylation is 2. The Morgan fingerprint density at radius 2 is 1.77 bits per heavy atom. The molecule has 0 aliphatic carbocycles. The van der Waals surface area contributed by atoms with Gasteiger partial charge in [-0.1, -0.05) is 51.3 Å². The van der Waals surface area contributed by atoms with Crippen LogP contribution < -0.4 is 4.74 Å². The highest BCUT2D eigenvalue weighted by atomic mass is 16.5. The number of benzene rings is 2. The van der Waals surface area contributed by atoms with Gasteiger partial charge in [-0.15, -0.1) is 0 Å². The zero-order valence-corrected chi connectivity index (χ0v) is 16.8. The van der Waals surface area contributed by atoms with E-state index in [0.29, 0.717) is 12.5 Å². The van der Waals surface area contributed by atoms with Crippen LogP contribution in [-0.2, 0) is 6.61 Å². The maximum atomic E-state index is 5.90. The van der Waals surface area contributed by atoms with Gasteiger partial charge in [0.2, 0.25) is 0 Å². The van der Waals surface area contributed by atoms with Crippen molar-refractivity contribution < 1.29 is 4.74 Å². The van der Waals surface area contributed by atoms with Gasteiger partial charge in [0.05, 0.1) is 0 Å². The second-order valence-electron chi connectivity index (χ2n) is 7.19. The average Bonchev–Trinajstić information content (AvgIpc) is 2.66. The van der Waals surface area contributed by atoms with Crippen molar-refractivity contribution in [3.8, 4) is 5.75 Å². The first kappa shape index (κ1) is 20.2. The van der Waals surface area contributed by atoms with Gasteiger partial charge in [-0.3, -0.25) is 4.99 Å². The van der Waals surface area contributed by atoms with Gasteiger partial charge in [-0.2, -0.15) is 0 Å². The van der Waals surface area contributed by atoms with E-state index in [1.165, 1.54) is 42.4 Å². The summed E-state index contributed by atoms with van der Waals surface area (Å²) >= 11 is 0. The van der Waals surface area contributed by atoms with Gasteiger partial charge in [0.25, 0.3) is 0 Å². The number of unbranched alkanes of at least 4 members (excludes halogenated alkanes) is 1. The van der Waals surface area contributed by atoms with Crippen molar-refractivity contribution in [3.63, 3.8) is 0 Å². The van der Waals surface area contributed by atoms with Gasteiger partial charge < -0.3 is 4.74 Å². The third kappa shape index (κ3) is 6.67. The molecule has 2 nitrogen and oxygen atoms in total. The lowest BCUT2D eigenvalue weighted by molar-refractivity contribution is 0.306. The summed E-state index contributed by atoms with van der Waals surface area (Å²) in [6.07, 6.45) is 7.06. The number of nitrogens with zero attached hydrogens (tertiary/aromatic N) is 1. The zero-order chi connectivity index (χ0) is 18.8. The summed E-state index contributed by atoms with van der Waals surface area (Å²) in [6, 6.07) is 14.7. The minimum absolute atomic E-state index is 0.601. The number of ether oxygens (including phenoxy) is 1. The Morgan fingerprint density at radius 3 is 2.42 bits per heavy atom. The molecule has 2 heteroatoms. The molecule has 0 bridgehead atoms. The van der Waals surface area contributed by atoms with Gasteiger partial charge in [-0.05, 0) is 72.7 Å². The molecule has 140 valence electrons. The minimum Gasteiger partial charge on any atom is -0.489 e. The SMILES string of the molecule is CCCCC(CC)C/N=C/c1ccc(OCc2ccc(C)c(C)c2)cc1. The third-order valence-corrected chi connectivity index (χ3v) is 5.00. The van der Waals surface area contributed by atoms with E-state index in [9.17, 15) is 0 Å². The molecule has 0 saturated heterocycles. The molecule has 0 heterocycles.